The Kier molecular flexibility index (Phi) is 4.19. The van der Waals surface area contributed by atoms with Gasteiger partial charge in [0, 0.05) is 28.5 Å². The van der Waals surface area contributed by atoms with E-state index in [9.17, 15) is 4.79 Å². The highest BCUT2D eigenvalue weighted by Crippen LogP contribution is 2.42. The van der Waals surface area contributed by atoms with Gasteiger partial charge in [-0.3, -0.25) is 4.79 Å². The van der Waals surface area contributed by atoms with Crippen molar-refractivity contribution in [2.24, 2.45) is 5.92 Å². The normalized spacial score (nSPS) is 22.9. The lowest BCUT2D eigenvalue weighted by molar-refractivity contribution is -0.928. The highest BCUT2D eigenvalue weighted by molar-refractivity contribution is 7.10. The van der Waals surface area contributed by atoms with Crippen LogP contribution in [-0.4, -0.2) is 19.0 Å². The molecule has 1 aromatic carbocycles. The van der Waals surface area contributed by atoms with Crippen LogP contribution in [-0.2, 0) is 11.2 Å². The number of nitrogens with one attached hydrogen (secondary N) is 2. The SMILES string of the molecule is Cc1ccc(C)c(NC(=O)C[NH+]2CCc3sccc3[C@@H]2C2CC2)c1. The Balaban J connectivity index is 1.48. The van der Waals surface area contributed by atoms with E-state index in [1.54, 1.807) is 4.88 Å². The number of amides is 1. The van der Waals surface area contributed by atoms with E-state index in [1.807, 2.05) is 18.3 Å². The number of thiophene rings is 1. The first-order valence-corrected chi connectivity index (χ1v) is 9.78. The van der Waals surface area contributed by atoms with E-state index in [2.05, 4.69) is 41.9 Å². The summed E-state index contributed by atoms with van der Waals surface area (Å²) in [6, 6.07) is 9.05. The van der Waals surface area contributed by atoms with Gasteiger partial charge in [-0.05, 0) is 55.3 Å². The molecule has 4 rings (SSSR count). The molecule has 1 aliphatic carbocycles. The van der Waals surface area contributed by atoms with Gasteiger partial charge in [-0.25, -0.2) is 0 Å². The number of anilines is 1. The summed E-state index contributed by atoms with van der Waals surface area (Å²) in [5.41, 5.74) is 4.78. The predicted molar refractivity (Wildman–Crippen MR) is 98.7 cm³/mol. The summed E-state index contributed by atoms with van der Waals surface area (Å²) >= 11 is 1.89. The maximum absolute atomic E-state index is 12.7. The van der Waals surface area contributed by atoms with Gasteiger partial charge in [0.2, 0.25) is 0 Å². The van der Waals surface area contributed by atoms with Gasteiger partial charge in [0.1, 0.15) is 6.04 Å². The molecule has 0 bridgehead atoms. The van der Waals surface area contributed by atoms with Gasteiger partial charge in [-0.2, -0.15) is 0 Å². The highest BCUT2D eigenvalue weighted by Gasteiger charge is 2.43. The van der Waals surface area contributed by atoms with Crippen LogP contribution in [0.1, 0.15) is 40.5 Å². The van der Waals surface area contributed by atoms with Crippen LogP contribution < -0.4 is 10.2 Å². The molecule has 1 fully saturated rings. The quantitative estimate of drug-likeness (QED) is 0.881. The lowest BCUT2D eigenvalue weighted by Gasteiger charge is -2.32. The molecule has 2 N–H and O–H groups in total. The van der Waals surface area contributed by atoms with E-state index in [-0.39, 0.29) is 5.91 Å². The first kappa shape index (κ1) is 15.9. The zero-order valence-electron chi connectivity index (χ0n) is 14.4. The van der Waals surface area contributed by atoms with E-state index < -0.39 is 0 Å². The summed E-state index contributed by atoms with van der Waals surface area (Å²) in [6.07, 6.45) is 3.76. The minimum absolute atomic E-state index is 0.142. The molecule has 4 heteroatoms. The Morgan fingerprint density at radius 2 is 2.12 bits per heavy atom. The third kappa shape index (κ3) is 3.13. The maximum atomic E-state index is 12.7. The minimum atomic E-state index is 0.142. The van der Waals surface area contributed by atoms with Crippen LogP contribution in [0.4, 0.5) is 5.69 Å². The molecule has 1 aliphatic heterocycles. The number of hydrogen-bond donors (Lipinski definition) is 2. The fourth-order valence-corrected chi connectivity index (χ4v) is 4.90. The Morgan fingerprint density at radius 3 is 2.92 bits per heavy atom. The van der Waals surface area contributed by atoms with Crippen molar-refractivity contribution < 1.29 is 9.69 Å². The van der Waals surface area contributed by atoms with Crippen LogP contribution in [0.5, 0.6) is 0 Å². The largest absolute Gasteiger partial charge is 0.321 e. The molecule has 2 aromatic rings. The molecule has 1 aromatic heterocycles. The van der Waals surface area contributed by atoms with Gasteiger partial charge in [-0.15, -0.1) is 11.3 Å². The van der Waals surface area contributed by atoms with Crippen LogP contribution in [0.15, 0.2) is 29.6 Å². The lowest BCUT2D eigenvalue weighted by Crippen LogP contribution is -3.14. The van der Waals surface area contributed by atoms with Gasteiger partial charge < -0.3 is 10.2 Å². The van der Waals surface area contributed by atoms with E-state index in [0.717, 1.165) is 30.1 Å². The molecule has 24 heavy (non-hydrogen) atoms. The third-order valence-electron chi connectivity index (χ3n) is 5.38. The van der Waals surface area contributed by atoms with Crippen molar-refractivity contribution in [3.63, 3.8) is 0 Å². The number of fused-ring (bicyclic) bond motifs is 1. The standard InChI is InChI=1S/C20H24N2OS/c1-13-3-4-14(2)17(11-13)21-19(23)12-22-9-7-18-16(8-10-24-18)20(22)15-5-6-15/h3-4,8,10-11,15,20H,5-7,9,12H2,1-2H3,(H,21,23)/p+1/t20-/m0/s1. The van der Waals surface area contributed by atoms with Crippen molar-refractivity contribution in [1.82, 2.24) is 0 Å². The average Bonchev–Trinajstić information content (AvgIpc) is 3.27. The Bertz CT molecular complexity index is 763. The highest BCUT2D eigenvalue weighted by atomic mass is 32.1. The zero-order chi connectivity index (χ0) is 16.7. The fourth-order valence-electron chi connectivity index (χ4n) is 3.97. The molecule has 126 valence electrons. The molecule has 2 atom stereocenters. The predicted octanol–water partition coefficient (Wildman–Crippen LogP) is 2.90. The number of quaternary nitrogens is 1. The Labute approximate surface area is 147 Å². The number of hydrogen-bond acceptors (Lipinski definition) is 2. The molecule has 1 saturated carbocycles. The molecule has 1 unspecified atom stereocenters. The Morgan fingerprint density at radius 1 is 1.29 bits per heavy atom. The van der Waals surface area contributed by atoms with Crippen LogP contribution in [0.25, 0.3) is 0 Å². The zero-order valence-corrected chi connectivity index (χ0v) is 15.2. The summed E-state index contributed by atoms with van der Waals surface area (Å²) in [5, 5.41) is 5.36. The van der Waals surface area contributed by atoms with Gasteiger partial charge in [0.15, 0.2) is 6.54 Å². The molecule has 2 heterocycles. The number of carbonyl (C=O) groups is 1. The van der Waals surface area contributed by atoms with Crippen molar-refractivity contribution in [2.45, 2.75) is 39.2 Å². The van der Waals surface area contributed by atoms with Crippen LogP contribution >= 0.6 is 11.3 Å². The van der Waals surface area contributed by atoms with Gasteiger partial charge in [0.05, 0.1) is 6.54 Å². The number of rotatable bonds is 4. The molecular formula is C20H25N2OS+. The second kappa shape index (κ2) is 6.34. The molecular weight excluding hydrogens is 316 g/mol. The monoisotopic (exact) mass is 341 g/mol. The van der Waals surface area contributed by atoms with Crippen molar-refractivity contribution in [3.8, 4) is 0 Å². The van der Waals surface area contributed by atoms with Crippen molar-refractivity contribution in [2.75, 3.05) is 18.4 Å². The van der Waals surface area contributed by atoms with Crippen molar-refractivity contribution >= 4 is 22.9 Å². The first-order valence-electron chi connectivity index (χ1n) is 8.90. The summed E-state index contributed by atoms with van der Waals surface area (Å²) in [5.74, 6) is 0.921. The molecule has 0 radical (unpaired) electrons. The van der Waals surface area contributed by atoms with Crippen molar-refractivity contribution in [3.05, 3.63) is 51.2 Å². The molecule has 0 saturated heterocycles. The van der Waals surface area contributed by atoms with Gasteiger partial charge >= 0.3 is 0 Å². The second-order valence-corrected chi connectivity index (χ2v) is 8.32. The summed E-state index contributed by atoms with van der Waals surface area (Å²) < 4.78 is 0. The van der Waals surface area contributed by atoms with E-state index in [0.29, 0.717) is 12.6 Å². The van der Waals surface area contributed by atoms with E-state index in [1.165, 1.54) is 28.9 Å². The second-order valence-electron chi connectivity index (χ2n) is 7.32. The fraction of sp³-hybridized carbons (Fsp3) is 0.450. The van der Waals surface area contributed by atoms with Gasteiger partial charge in [-0.1, -0.05) is 12.1 Å². The molecule has 0 spiro atoms. The van der Waals surface area contributed by atoms with Gasteiger partial charge in [0.25, 0.3) is 5.91 Å². The maximum Gasteiger partial charge on any atom is 0.279 e. The van der Waals surface area contributed by atoms with Crippen LogP contribution in [0.2, 0.25) is 0 Å². The topological polar surface area (TPSA) is 33.5 Å². The van der Waals surface area contributed by atoms with Crippen molar-refractivity contribution in [1.29, 1.82) is 0 Å². The smallest absolute Gasteiger partial charge is 0.279 e. The lowest BCUT2D eigenvalue weighted by atomic mass is 9.96. The summed E-state index contributed by atoms with van der Waals surface area (Å²) in [4.78, 5) is 15.7. The van der Waals surface area contributed by atoms with Crippen LogP contribution in [0.3, 0.4) is 0 Å². The molecule has 2 aliphatic rings. The number of carbonyl (C=O) groups excluding carboxylic acids is 1. The van der Waals surface area contributed by atoms with E-state index in [4.69, 9.17) is 0 Å². The number of aryl methyl sites for hydroxylation is 2. The Hall–Kier alpha value is -1.65. The number of benzene rings is 1. The third-order valence-corrected chi connectivity index (χ3v) is 6.37. The summed E-state index contributed by atoms with van der Waals surface area (Å²) in [7, 11) is 0. The minimum Gasteiger partial charge on any atom is -0.321 e. The molecule has 1 amide bonds. The molecule has 3 nitrogen and oxygen atoms in total. The first-order chi connectivity index (χ1) is 11.6. The summed E-state index contributed by atoms with van der Waals surface area (Å²) in [6.45, 7) is 5.76. The average molecular weight is 342 g/mol. The van der Waals surface area contributed by atoms with Crippen LogP contribution in [0, 0.1) is 19.8 Å². The van der Waals surface area contributed by atoms with E-state index >= 15 is 0 Å².